The minimum absolute atomic E-state index is 0.0413. The molecule has 104 valence electrons. The van der Waals surface area contributed by atoms with Gasteiger partial charge in [-0.15, -0.1) is 0 Å². The van der Waals surface area contributed by atoms with Crippen molar-refractivity contribution in [3.63, 3.8) is 0 Å². The van der Waals surface area contributed by atoms with E-state index in [2.05, 4.69) is 31.0 Å². The number of hydrogen-bond acceptors (Lipinski definition) is 6. The molecule has 1 N–H and O–H groups in total. The van der Waals surface area contributed by atoms with Crippen molar-refractivity contribution in [3.05, 3.63) is 39.3 Å². The Bertz CT molecular complexity index is 669. The van der Waals surface area contributed by atoms with E-state index in [9.17, 15) is 9.59 Å². The molecular formula is C13H11BrN2O3S. The highest BCUT2D eigenvalue weighted by molar-refractivity contribution is 9.10. The number of nitrogens with one attached hydrogen (secondary N) is 1. The Morgan fingerprint density at radius 1 is 1.35 bits per heavy atom. The molecule has 0 saturated carbocycles. The van der Waals surface area contributed by atoms with E-state index < -0.39 is 5.97 Å². The molecule has 0 radical (unpaired) electrons. The highest BCUT2D eigenvalue weighted by Crippen LogP contribution is 2.30. The standard InChI is InChI=1S/C13H11BrN2O3S/c1-7(17)11-10(12(18)19-2)16-13(20-11)15-9-6-4-3-5-8(9)14/h3-6H,1-2H3,(H,15,16). The quantitative estimate of drug-likeness (QED) is 0.670. The zero-order chi connectivity index (χ0) is 14.7. The summed E-state index contributed by atoms with van der Waals surface area (Å²) in [7, 11) is 1.26. The zero-order valence-electron chi connectivity index (χ0n) is 10.8. The predicted molar refractivity (Wildman–Crippen MR) is 80.9 cm³/mol. The van der Waals surface area contributed by atoms with E-state index in [1.165, 1.54) is 14.0 Å². The van der Waals surface area contributed by atoms with Crippen LogP contribution in [0.25, 0.3) is 0 Å². The smallest absolute Gasteiger partial charge is 0.358 e. The van der Waals surface area contributed by atoms with E-state index in [1.807, 2.05) is 24.3 Å². The number of methoxy groups -OCH3 is 1. The van der Waals surface area contributed by atoms with E-state index >= 15 is 0 Å². The number of anilines is 2. The normalized spacial score (nSPS) is 10.2. The van der Waals surface area contributed by atoms with Crippen molar-refractivity contribution in [1.29, 1.82) is 0 Å². The molecule has 1 aromatic carbocycles. The van der Waals surface area contributed by atoms with Crippen LogP contribution < -0.4 is 5.32 Å². The van der Waals surface area contributed by atoms with Crippen molar-refractivity contribution in [1.82, 2.24) is 4.98 Å². The van der Waals surface area contributed by atoms with Crippen LogP contribution in [-0.2, 0) is 4.74 Å². The van der Waals surface area contributed by atoms with Gasteiger partial charge in [-0.25, -0.2) is 9.78 Å². The first kappa shape index (κ1) is 14.7. The number of hydrogen-bond donors (Lipinski definition) is 1. The molecule has 0 spiro atoms. The molecule has 0 fully saturated rings. The van der Waals surface area contributed by atoms with E-state index in [4.69, 9.17) is 0 Å². The number of rotatable bonds is 4. The van der Waals surface area contributed by atoms with Crippen LogP contribution in [0.4, 0.5) is 10.8 Å². The lowest BCUT2D eigenvalue weighted by atomic mass is 10.3. The van der Waals surface area contributed by atoms with E-state index in [0.717, 1.165) is 21.5 Å². The van der Waals surface area contributed by atoms with Gasteiger partial charge in [-0.2, -0.15) is 0 Å². The van der Waals surface area contributed by atoms with Gasteiger partial charge in [0.15, 0.2) is 16.6 Å². The number of para-hydroxylation sites is 1. The van der Waals surface area contributed by atoms with Gasteiger partial charge in [-0.05, 0) is 28.1 Å². The number of Topliss-reactive ketones (excluding diaryl/α,β-unsaturated/α-hetero) is 1. The van der Waals surface area contributed by atoms with Gasteiger partial charge in [-0.3, -0.25) is 4.79 Å². The second kappa shape index (κ2) is 6.15. The SMILES string of the molecule is COC(=O)c1nc(Nc2ccccc2Br)sc1C(C)=O. The van der Waals surface area contributed by atoms with Gasteiger partial charge in [-0.1, -0.05) is 23.5 Å². The number of esters is 1. The van der Waals surface area contributed by atoms with Crippen LogP contribution in [0, 0.1) is 0 Å². The van der Waals surface area contributed by atoms with E-state index in [1.54, 1.807) is 0 Å². The maximum absolute atomic E-state index is 11.6. The molecular weight excluding hydrogens is 344 g/mol. The average molecular weight is 355 g/mol. The van der Waals surface area contributed by atoms with Gasteiger partial charge < -0.3 is 10.1 Å². The summed E-state index contributed by atoms with van der Waals surface area (Å²) in [5, 5.41) is 3.53. The number of thiazole rings is 1. The molecule has 0 bridgehead atoms. The van der Waals surface area contributed by atoms with Gasteiger partial charge in [0.2, 0.25) is 0 Å². The Morgan fingerprint density at radius 3 is 2.65 bits per heavy atom. The maximum atomic E-state index is 11.6. The van der Waals surface area contributed by atoms with Crippen molar-refractivity contribution < 1.29 is 14.3 Å². The van der Waals surface area contributed by atoms with Gasteiger partial charge in [0, 0.05) is 11.4 Å². The third-order valence-electron chi connectivity index (χ3n) is 2.44. The summed E-state index contributed by atoms with van der Waals surface area (Å²) >= 11 is 4.53. The summed E-state index contributed by atoms with van der Waals surface area (Å²) in [6.07, 6.45) is 0. The van der Waals surface area contributed by atoms with Crippen LogP contribution in [0.3, 0.4) is 0 Å². The molecule has 2 rings (SSSR count). The number of nitrogens with zero attached hydrogens (tertiary/aromatic N) is 1. The summed E-state index contributed by atoms with van der Waals surface area (Å²) in [5.74, 6) is -0.838. The molecule has 20 heavy (non-hydrogen) atoms. The molecule has 0 atom stereocenters. The highest BCUT2D eigenvalue weighted by Gasteiger charge is 2.22. The van der Waals surface area contributed by atoms with Gasteiger partial charge >= 0.3 is 5.97 Å². The Morgan fingerprint density at radius 2 is 2.05 bits per heavy atom. The largest absolute Gasteiger partial charge is 0.464 e. The number of benzene rings is 1. The van der Waals surface area contributed by atoms with Crippen molar-refractivity contribution in [2.75, 3.05) is 12.4 Å². The third-order valence-corrected chi connectivity index (χ3v) is 4.20. The fourth-order valence-corrected chi connectivity index (χ4v) is 2.77. The van der Waals surface area contributed by atoms with E-state index in [0.29, 0.717) is 5.13 Å². The predicted octanol–water partition coefficient (Wildman–Crippen LogP) is 3.64. The summed E-state index contributed by atoms with van der Waals surface area (Å²) in [6.45, 7) is 1.39. The molecule has 2 aromatic rings. The summed E-state index contributed by atoms with van der Waals surface area (Å²) in [6, 6.07) is 7.49. The second-order valence-electron chi connectivity index (χ2n) is 3.85. The van der Waals surface area contributed by atoms with Gasteiger partial charge in [0.1, 0.15) is 4.88 Å². The monoisotopic (exact) mass is 354 g/mol. The Balaban J connectivity index is 2.37. The fraction of sp³-hybridized carbons (Fsp3) is 0.154. The number of carbonyl (C=O) groups is 2. The highest BCUT2D eigenvalue weighted by atomic mass is 79.9. The van der Waals surface area contributed by atoms with Gasteiger partial charge in [0.05, 0.1) is 12.8 Å². The van der Waals surface area contributed by atoms with Crippen LogP contribution in [0.5, 0.6) is 0 Å². The minimum atomic E-state index is -0.619. The summed E-state index contributed by atoms with van der Waals surface area (Å²) < 4.78 is 5.49. The molecule has 0 saturated heterocycles. The molecule has 5 nitrogen and oxygen atoms in total. The summed E-state index contributed by atoms with van der Waals surface area (Å²) in [5.41, 5.74) is 0.840. The minimum Gasteiger partial charge on any atom is -0.464 e. The molecule has 7 heteroatoms. The number of ether oxygens (including phenoxy) is 1. The molecule has 0 aliphatic carbocycles. The lowest BCUT2D eigenvalue weighted by Crippen LogP contribution is -2.07. The van der Waals surface area contributed by atoms with E-state index in [-0.39, 0.29) is 16.4 Å². The van der Waals surface area contributed by atoms with Crippen molar-refractivity contribution >= 4 is 49.8 Å². The lowest BCUT2D eigenvalue weighted by molar-refractivity contribution is 0.0591. The fourth-order valence-electron chi connectivity index (χ4n) is 1.53. The second-order valence-corrected chi connectivity index (χ2v) is 5.70. The van der Waals surface area contributed by atoms with Crippen molar-refractivity contribution in [3.8, 4) is 0 Å². The van der Waals surface area contributed by atoms with Crippen LogP contribution in [0.2, 0.25) is 0 Å². The molecule has 0 aliphatic rings. The number of ketones is 1. The number of carbonyl (C=O) groups excluding carboxylic acids is 2. The molecule has 1 heterocycles. The maximum Gasteiger partial charge on any atom is 0.358 e. The number of halogens is 1. The third kappa shape index (κ3) is 3.05. The van der Waals surface area contributed by atoms with Crippen LogP contribution in [-0.4, -0.2) is 23.8 Å². The molecule has 0 amide bonds. The lowest BCUT2D eigenvalue weighted by Gasteiger charge is -2.03. The zero-order valence-corrected chi connectivity index (χ0v) is 13.2. The van der Waals surface area contributed by atoms with Gasteiger partial charge in [0.25, 0.3) is 0 Å². The first-order valence-electron chi connectivity index (χ1n) is 5.64. The van der Waals surface area contributed by atoms with Crippen LogP contribution >= 0.6 is 27.3 Å². The van der Waals surface area contributed by atoms with Crippen molar-refractivity contribution in [2.24, 2.45) is 0 Å². The Kier molecular flexibility index (Phi) is 4.51. The van der Waals surface area contributed by atoms with Crippen LogP contribution in [0.1, 0.15) is 27.1 Å². The van der Waals surface area contributed by atoms with Crippen molar-refractivity contribution in [2.45, 2.75) is 6.92 Å². The first-order valence-corrected chi connectivity index (χ1v) is 7.25. The molecule has 0 unspecified atom stereocenters. The molecule has 0 aliphatic heterocycles. The summed E-state index contributed by atoms with van der Waals surface area (Å²) in [4.78, 5) is 27.6. The molecule has 1 aromatic heterocycles. The average Bonchev–Trinajstić information content (AvgIpc) is 2.85. The topological polar surface area (TPSA) is 68.3 Å². The Hall–Kier alpha value is -1.73. The first-order chi connectivity index (χ1) is 9.52. The van der Waals surface area contributed by atoms with Crippen LogP contribution in [0.15, 0.2) is 28.7 Å². The Labute approximate surface area is 128 Å². The number of aromatic nitrogens is 1.